The molecule has 1 saturated heterocycles. The molecule has 1 aliphatic heterocycles. The van der Waals surface area contributed by atoms with Crippen LogP contribution in [0.1, 0.15) is 37.3 Å². The number of hydrogen-bond donors (Lipinski definition) is 1. The summed E-state index contributed by atoms with van der Waals surface area (Å²) in [6.07, 6.45) is 0.584. The average molecular weight is 264 g/mol. The van der Waals surface area contributed by atoms with Gasteiger partial charge in [0.1, 0.15) is 5.82 Å². The second kappa shape index (κ2) is 5.29. The fourth-order valence-electron chi connectivity index (χ4n) is 3.06. The van der Waals surface area contributed by atoms with Gasteiger partial charge in [-0.25, -0.2) is 4.39 Å². The third kappa shape index (κ3) is 2.37. The van der Waals surface area contributed by atoms with E-state index in [0.717, 1.165) is 5.56 Å². The number of likely N-dealkylation sites (N-methyl/N-ethyl adjacent to an activating group) is 1. The molecule has 1 aliphatic rings. The Balaban J connectivity index is 2.39. The molecule has 0 aromatic heterocycles. The number of amides is 1. The Morgan fingerprint density at radius 1 is 1.47 bits per heavy atom. The molecule has 3 nitrogen and oxygen atoms in total. The maximum Gasteiger partial charge on any atom is 0.239 e. The highest BCUT2D eigenvalue weighted by atomic mass is 19.1. The van der Waals surface area contributed by atoms with Crippen LogP contribution in [0.25, 0.3) is 0 Å². The number of benzene rings is 1. The zero-order valence-corrected chi connectivity index (χ0v) is 11.7. The van der Waals surface area contributed by atoms with Gasteiger partial charge in [0, 0.05) is 18.5 Å². The Hall–Kier alpha value is -1.42. The monoisotopic (exact) mass is 264 g/mol. The molecule has 1 fully saturated rings. The molecule has 4 heteroatoms. The van der Waals surface area contributed by atoms with Gasteiger partial charge in [-0.15, -0.1) is 0 Å². The maximum absolute atomic E-state index is 13.7. The van der Waals surface area contributed by atoms with E-state index in [1.165, 1.54) is 6.07 Å². The first-order valence-electron chi connectivity index (χ1n) is 6.78. The van der Waals surface area contributed by atoms with Gasteiger partial charge in [-0.3, -0.25) is 4.79 Å². The lowest BCUT2D eigenvalue weighted by Gasteiger charge is -2.42. The summed E-state index contributed by atoms with van der Waals surface area (Å²) < 4.78 is 13.7. The Morgan fingerprint density at radius 2 is 2.16 bits per heavy atom. The highest BCUT2D eigenvalue weighted by Crippen LogP contribution is 2.34. The number of halogens is 1. The zero-order valence-electron chi connectivity index (χ0n) is 11.7. The number of nitrogens with two attached hydrogens (primary N) is 1. The molecule has 1 heterocycles. The minimum Gasteiger partial charge on any atom is -0.338 e. The second-order valence-electron chi connectivity index (χ2n) is 5.27. The number of likely N-dealkylation sites (tertiary alicyclic amines) is 1. The lowest BCUT2D eigenvalue weighted by Crippen LogP contribution is -2.55. The summed E-state index contributed by atoms with van der Waals surface area (Å²) in [5.74, 6) is -0.0955. The predicted molar refractivity (Wildman–Crippen MR) is 73.3 cm³/mol. The zero-order chi connectivity index (χ0) is 14.2. The topological polar surface area (TPSA) is 46.3 Å². The third-order valence-corrected chi connectivity index (χ3v) is 4.23. The molecule has 1 aromatic carbocycles. The highest BCUT2D eigenvalue weighted by Gasteiger charge is 2.38. The van der Waals surface area contributed by atoms with Crippen molar-refractivity contribution in [2.45, 2.75) is 45.2 Å². The Kier molecular flexibility index (Phi) is 3.90. The fraction of sp³-hybridized carbons (Fsp3) is 0.533. The third-order valence-electron chi connectivity index (χ3n) is 4.23. The van der Waals surface area contributed by atoms with Gasteiger partial charge in [0.2, 0.25) is 5.91 Å². The van der Waals surface area contributed by atoms with Crippen molar-refractivity contribution >= 4 is 5.91 Å². The fourth-order valence-corrected chi connectivity index (χ4v) is 3.06. The molecular weight excluding hydrogens is 243 g/mol. The van der Waals surface area contributed by atoms with Crippen molar-refractivity contribution in [3.05, 3.63) is 35.1 Å². The van der Waals surface area contributed by atoms with Crippen LogP contribution in [-0.2, 0) is 4.79 Å². The molecule has 19 heavy (non-hydrogen) atoms. The Morgan fingerprint density at radius 3 is 2.79 bits per heavy atom. The van der Waals surface area contributed by atoms with Crippen molar-refractivity contribution < 1.29 is 9.18 Å². The minimum absolute atomic E-state index is 0.000283. The van der Waals surface area contributed by atoms with E-state index >= 15 is 0 Å². The van der Waals surface area contributed by atoms with Crippen molar-refractivity contribution in [1.82, 2.24) is 4.90 Å². The summed E-state index contributed by atoms with van der Waals surface area (Å²) in [6.45, 7) is 6.39. The Bertz CT molecular complexity index is 489. The van der Waals surface area contributed by atoms with Gasteiger partial charge in [0.15, 0.2) is 0 Å². The largest absolute Gasteiger partial charge is 0.338 e. The smallest absolute Gasteiger partial charge is 0.239 e. The lowest BCUT2D eigenvalue weighted by molar-refractivity contribution is -0.138. The number of carbonyl (C=O) groups excluding carboxylic acids is 1. The molecule has 2 rings (SSSR count). The van der Waals surface area contributed by atoms with Crippen molar-refractivity contribution in [3.8, 4) is 0 Å². The molecule has 3 atom stereocenters. The SMILES string of the molecule is CCN1C(=O)[C@@H](N)C[C@@H](c2cccc(F)c2C)[C@H]1C. The van der Waals surface area contributed by atoms with Crippen molar-refractivity contribution in [2.75, 3.05) is 6.54 Å². The maximum atomic E-state index is 13.7. The van der Waals surface area contributed by atoms with Crippen LogP contribution in [0.3, 0.4) is 0 Å². The van der Waals surface area contributed by atoms with Gasteiger partial charge >= 0.3 is 0 Å². The van der Waals surface area contributed by atoms with Crippen molar-refractivity contribution in [3.63, 3.8) is 0 Å². The van der Waals surface area contributed by atoms with Crippen LogP contribution in [0.4, 0.5) is 4.39 Å². The molecule has 0 radical (unpaired) electrons. The average Bonchev–Trinajstić information content (AvgIpc) is 2.38. The van der Waals surface area contributed by atoms with E-state index in [4.69, 9.17) is 5.73 Å². The minimum atomic E-state index is -0.483. The van der Waals surface area contributed by atoms with Gasteiger partial charge < -0.3 is 10.6 Å². The summed E-state index contributed by atoms with van der Waals surface area (Å²) in [5.41, 5.74) is 7.57. The normalized spacial score (nSPS) is 27.7. The number of carbonyl (C=O) groups is 1. The van der Waals surface area contributed by atoms with E-state index in [-0.39, 0.29) is 23.7 Å². The Labute approximate surface area is 113 Å². The summed E-state index contributed by atoms with van der Waals surface area (Å²) >= 11 is 0. The molecule has 0 bridgehead atoms. The first-order chi connectivity index (χ1) is 8.97. The molecule has 0 spiro atoms. The van der Waals surface area contributed by atoms with Crippen LogP contribution in [0.2, 0.25) is 0 Å². The van der Waals surface area contributed by atoms with Gasteiger partial charge in [0.25, 0.3) is 0 Å². The van der Waals surface area contributed by atoms with Crippen molar-refractivity contribution in [2.24, 2.45) is 5.73 Å². The molecule has 1 amide bonds. The van der Waals surface area contributed by atoms with E-state index < -0.39 is 6.04 Å². The molecule has 0 aliphatic carbocycles. The van der Waals surface area contributed by atoms with E-state index in [9.17, 15) is 9.18 Å². The molecular formula is C15H21FN2O. The molecule has 1 aromatic rings. The predicted octanol–water partition coefficient (Wildman–Crippen LogP) is 2.19. The summed E-state index contributed by atoms with van der Waals surface area (Å²) in [4.78, 5) is 13.8. The van der Waals surface area contributed by atoms with Crippen LogP contribution >= 0.6 is 0 Å². The summed E-state index contributed by atoms with van der Waals surface area (Å²) in [6, 6.07) is 4.70. The van der Waals surface area contributed by atoms with E-state index in [1.54, 1.807) is 17.9 Å². The van der Waals surface area contributed by atoms with Crippen LogP contribution in [-0.4, -0.2) is 29.4 Å². The number of piperidine rings is 1. The van der Waals surface area contributed by atoms with Crippen LogP contribution in [0.15, 0.2) is 18.2 Å². The van der Waals surface area contributed by atoms with E-state index in [0.29, 0.717) is 18.5 Å². The van der Waals surface area contributed by atoms with Gasteiger partial charge in [-0.05, 0) is 44.4 Å². The van der Waals surface area contributed by atoms with Gasteiger partial charge in [-0.1, -0.05) is 12.1 Å². The second-order valence-corrected chi connectivity index (χ2v) is 5.27. The summed E-state index contributed by atoms with van der Waals surface area (Å²) in [5, 5.41) is 0. The lowest BCUT2D eigenvalue weighted by atomic mass is 9.80. The molecule has 2 N–H and O–H groups in total. The van der Waals surface area contributed by atoms with Crippen LogP contribution in [0.5, 0.6) is 0 Å². The first-order valence-corrected chi connectivity index (χ1v) is 6.78. The van der Waals surface area contributed by atoms with Gasteiger partial charge in [0.05, 0.1) is 6.04 Å². The molecule has 104 valence electrons. The molecule has 0 unspecified atom stereocenters. The quantitative estimate of drug-likeness (QED) is 0.890. The van der Waals surface area contributed by atoms with E-state index in [2.05, 4.69) is 0 Å². The van der Waals surface area contributed by atoms with Crippen LogP contribution in [0, 0.1) is 12.7 Å². The molecule has 0 saturated carbocycles. The number of rotatable bonds is 2. The van der Waals surface area contributed by atoms with Crippen LogP contribution < -0.4 is 5.73 Å². The first kappa shape index (κ1) is 14.0. The summed E-state index contributed by atoms with van der Waals surface area (Å²) in [7, 11) is 0. The number of nitrogens with zero attached hydrogens (tertiary/aromatic N) is 1. The van der Waals surface area contributed by atoms with E-state index in [1.807, 2.05) is 19.9 Å². The van der Waals surface area contributed by atoms with Crippen molar-refractivity contribution in [1.29, 1.82) is 0 Å². The van der Waals surface area contributed by atoms with Gasteiger partial charge in [-0.2, -0.15) is 0 Å². The standard InChI is InChI=1S/C15H21FN2O/c1-4-18-10(3)12(8-14(17)15(18)19)11-6-5-7-13(16)9(11)2/h5-7,10,12,14H,4,8,17H2,1-3H3/t10-,12-,14+/m1/s1. The highest BCUT2D eigenvalue weighted by molar-refractivity contribution is 5.83. The number of hydrogen-bond acceptors (Lipinski definition) is 2.